The third-order valence-electron chi connectivity index (χ3n) is 4.20. The molecular formula is C20H28N2O2. The smallest absolute Gasteiger partial charge is 0.278 e. The molecule has 0 bridgehead atoms. The lowest BCUT2D eigenvalue weighted by atomic mass is 10.1. The van der Waals surface area contributed by atoms with E-state index in [1.165, 1.54) is 10.2 Å². The summed E-state index contributed by atoms with van der Waals surface area (Å²) in [4.78, 5) is 12.7. The average molecular weight is 328 g/mol. The minimum absolute atomic E-state index is 0.0910. The Kier molecular flexibility index (Phi) is 6.18. The van der Waals surface area contributed by atoms with Crippen molar-refractivity contribution in [1.29, 1.82) is 0 Å². The number of rotatable bonds is 7. The van der Waals surface area contributed by atoms with E-state index < -0.39 is 0 Å². The Bertz CT molecular complexity index is 684. The number of benzene rings is 1. The molecule has 0 aliphatic carbocycles. The molecule has 0 fully saturated rings. The zero-order valence-electron chi connectivity index (χ0n) is 15.4. The van der Waals surface area contributed by atoms with E-state index in [4.69, 9.17) is 4.74 Å². The van der Waals surface area contributed by atoms with Crippen molar-refractivity contribution in [3.63, 3.8) is 0 Å². The normalized spacial score (nSPS) is 11.1. The lowest BCUT2D eigenvalue weighted by Crippen LogP contribution is -2.15. The first kappa shape index (κ1) is 18.2. The van der Waals surface area contributed by atoms with E-state index in [9.17, 15) is 4.79 Å². The SMILES string of the molecule is CCCc1c(C)nn(C(=O)c2ccc(OCCC(C)C)cc2)c1C. The molecule has 0 aliphatic rings. The summed E-state index contributed by atoms with van der Waals surface area (Å²) < 4.78 is 7.23. The average Bonchev–Trinajstić information content (AvgIpc) is 2.83. The Balaban J connectivity index is 2.11. The fraction of sp³-hybridized carbons (Fsp3) is 0.500. The maximum absolute atomic E-state index is 12.7. The van der Waals surface area contributed by atoms with Gasteiger partial charge in [0, 0.05) is 11.3 Å². The van der Waals surface area contributed by atoms with Crippen LogP contribution in [0.15, 0.2) is 24.3 Å². The van der Waals surface area contributed by atoms with Crippen molar-refractivity contribution in [1.82, 2.24) is 9.78 Å². The molecule has 1 aromatic heterocycles. The van der Waals surface area contributed by atoms with Crippen molar-refractivity contribution in [3.05, 3.63) is 46.8 Å². The van der Waals surface area contributed by atoms with Crippen LogP contribution in [-0.4, -0.2) is 22.3 Å². The predicted octanol–water partition coefficient (Wildman–Crippen LogP) is 4.57. The molecule has 0 spiro atoms. The van der Waals surface area contributed by atoms with E-state index in [1.807, 2.05) is 38.1 Å². The molecule has 1 heterocycles. The highest BCUT2D eigenvalue weighted by atomic mass is 16.5. The van der Waals surface area contributed by atoms with Gasteiger partial charge in [0.1, 0.15) is 5.75 Å². The van der Waals surface area contributed by atoms with Crippen molar-refractivity contribution in [2.24, 2.45) is 5.92 Å². The van der Waals surface area contributed by atoms with Gasteiger partial charge in [-0.1, -0.05) is 27.2 Å². The minimum Gasteiger partial charge on any atom is -0.494 e. The molecule has 4 nitrogen and oxygen atoms in total. The van der Waals surface area contributed by atoms with Crippen LogP contribution in [0.1, 0.15) is 60.9 Å². The summed E-state index contributed by atoms with van der Waals surface area (Å²) in [5.74, 6) is 1.33. The summed E-state index contributed by atoms with van der Waals surface area (Å²) in [7, 11) is 0. The van der Waals surface area contributed by atoms with Gasteiger partial charge in [0.2, 0.25) is 0 Å². The molecule has 0 saturated carbocycles. The number of hydrogen-bond donors (Lipinski definition) is 0. The molecule has 24 heavy (non-hydrogen) atoms. The number of nitrogens with zero attached hydrogens (tertiary/aromatic N) is 2. The summed E-state index contributed by atoms with van der Waals surface area (Å²) in [6.45, 7) is 11.1. The molecule has 0 atom stereocenters. The highest BCUT2D eigenvalue weighted by Crippen LogP contribution is 2.18. The van der Waals surface area contributed by atoms with Gasteiger partial charge in [0.15, 0.2) is 0 Å². The standard InChI is InChI=1S/C20H28N2O2/c1-6-7-19-15(4)21-22(16(19)5)20(23)17-8-10-18(11-9-17)24-13-12-14(2)3/h8-11,14H,6-7,12-13H2,1-5H3. The van der Waals surface area contributed by atoms with Gasteiger partial charge in [-0.2, -0.15) is 5.10 Å². The first-order valence-corrected chi connectivity index (χ1v) is 8.76. The molecule has 0 N–H and O–H groups in total. The van der Waals surface area contributed by atoms with E-state index in [0.29, 0.717) is 18.1 Å². The summed E-state index contributed by atoms with van der Waals surface area (Å²) in [5.41, 5.74) is 3.69. The Morgan fingerprint density at radius 2 is 1.88 bits per heavy atom. The van der Waals surface area contributed by atoms with Gasteiger partial charge in [-0.25, -0.2) is 4.68 Å². The third kappa shape index (κ3) is 4.25. The first-order valence-electron chi connectivity index (χ1n) is 8.76. The number of ether oxygens (including phenoxy) is 1. The van der Waals surface area contributed by atoms with E-state index in [1.54, 1.807) is 0 Å². The lowest BCUT2D eigenvalue weighted by molar-refractivity contribution is 0.0942. The van der Waals surface area contributed by atoms with Gasteiger partial charge in [0.25, 0.3) is 5.91 Å². The highest BCUT2D eigenvalue weighted by Gasteiger charge is 2.17. The Morgan fingerprint density at radius 3 is 2.46 bits per heavy atom. The van der Waals surface area contributed by atoms with Crippen molar-refractivity contribution < 1.29 is 9.53 Å². The van der Waals surface area contributed by atoms with Crippen molar-refractivity contribution in [2.45, 2.75) is 53.9 Å². The summed E-state index contributed by atoms with van der Waals surface area (Å²) >= 11 is 0. The van der Waals surface area contributed by atoms with Gasteiger partial charge < -0.3 is 4.74 Å². The molecule has 4 heteroatoms. The molecule has 0 unspecified atom stereocenters. The van der Waals surface area contributed by atoms with Crippen LogP contribution < -0.4 is 4.74 Å². The topological polar surface area (TPSA) is 44.1 Å². The van der Waals surface area contributed by atoms with Gasteiger partial charge in [0.05, 0.1) is 12.3 Å². The zero-order valence-corrected chi connectivity index (χ0v) is 15.4. The number of carbonyl (C=O) groups is 1. The van der Waals surface area contributed by atoms with Crippen LogP contribution in [-0.2, 0) is 6.42 Å². The fourth-order valence-corrected chi connectivity index (χ4v) is 2.71. The zero-order chi connectivity index (χ0) is 17.7. The Morgan fingerprint density at radius 1 is 1.21 bits per heavy atom. The van der Waals surface area contributed by atoms with Gasteiger partial charge in [-0.3, -0.25) is 4.79 Å². The molecule has 130 valence electrons. The largest absolute Gasteiger partial charge is 0.494 e. The minimum atomic E-state index is -0.0910. The Labute approximate surface area is 144 Å². The molecule has 0 saturated heterocycles. The van der Waals surface area contributed by atoms with E-state index in [-0.39, 0.29) is 5.91 Å². The van der Waals surface area contributed by atoms with E-state index >= 15 is 0 Å². The van der Waals surface area contributed by atoms with Crippen molar-refractivity contribution in [3.8, 4) is 5.75 Å². The van der Waals surface area contributed by atoms with Crippen molar-refractivity contribution in [2.75, 3.05) is 6.61 Å². The number of carbonyl (C=O) groups excluding carboxylic acids is 1. The summed E-state index contributed by atoms with van der Waals surface area (Å²) in [6.07, 6.45) is 3.02. The first-order chi connectivity index (χ1) is 11.4. The van der Waals surface area contributed by atoms with Gasteiger partial charge in [-0.05, 0) is 62.4 Å². The van der Waals surface area contributed by atoms with E-state index in [0.717, 1.165) is 36.4 Å². The van der Waals surface area contributed by atoms with Crippen molar-refractivity contribution >= 4 is 5.91 Å². The molecular weight excluding hydrogens is 300 g/mol. The maximum Gasteiger partial charge on any atom is 0.278 e. The molecule has 0 radical (unpaired) electrons. The van der Waals surface area contributed by atoms with Crippen LogP contribution in [0.4, 0.5) is 0 Å². The van der Waals surface area contributed by atoms with Gasteiger partial charge >= 0.3 is 0 Å². The number of aromatic nitrogens is 2. The second-order valence-electron chi connectivity index (χ2n) is 6.67. The van der Waals surface area contributed by atoms with Crippen LogP contribution in [0.5, 0.6) is 5.75 Å². The summed E-state index contributed by atoms with van der Waals surface area (Å²) in [5, 5.41) is 4.43. The molecule has 0 amide bonds. The number of aryl methyl sites for hydroxylation is 1. The third-order valence-corrected chi connectivity index (χ3v) is 4.20. The maximum atomic E-state index is 12.7. The van der Waals surface area contributed by atoms with Crippen LogP contribution in [0.25, 0.3) is 0 Å². The van der Waals surface area contributed by atoms with Crippen LogP contribution in [0, 0.1) is 19.8 Å². The molecule has 0 aliphatic heterocycles. The quantitative estimate of drug-likeness (QED) is 0.748. The lowest BCUT2D eigenvalue weighted by Gasteiger charge is -2.09. The van der Waals surface area contributed by atoms with Crippen LogP contribution >= 0.6 is 0 Å². The second-order valence-corrected chi connectivity index (χ2v) is 6.67. The molecule has 2 aromatic rings. The van der Waals surface area contributed by atoms with Gasteiger partial charge in [-0.15, -0.1) is 0 Å². The molecule has 1 aromatic carbocycles. The monoisotopic (exact) mass is 328 g/mol. The highest BCUT2D eigenvalue weighted by molar-refractivity contribution is 5.96. The molecule has 2 rings (SSSR count). The van der Waals surface area contributed by atoms with Crippen LogP contribution in [0.2, 0.25) is 0 Å². The fourth-order valence-electron chi connectivity index (χ4n) is 2.71. The predicted molar refractivity (Wildman–Crippen MR) is 96.8 cm³/mol. The van der Waals surface area contributed by atoms with E-state index in [2.05, 4.69) is 25.9 Å². The second kappa shape index (κ2) is 8.13. The number of hydrogen-bond acceptors (Lipinski definition) is 3. The Hall–Kier alpha value is -2.10. The summed E-state index contributed by atoms with van der Waals surface area (Å²) in [6, 6.07) is 7.32. The van der Waals surface area contributed by atoms with Crippen LogP contribution in [0.3, 0.4) is 0 Å².